The average molecular weight is 380 g/mol. The molecule has 1 aliphatic carbocycles. The predicted octanol–water partition coefficient (Wildman–Crippen LogP) is 3.54. The van der Waals surface area contributed by atoms with Crippen LogP contribution in [0.2, 0.25) is 0 Å². The van der Waals surface area contributed by atoms with Crippen molar-refractivity contribution < 1.29 is 5.11 Å². The van der Waals surface area contributed by atoms with Gasteiger partial charge in [0.25, 0.3) is 0 Å². The molecule has 0 radical (unpaired) electrons. The Kier molecular flexibility index (Phi) is 4.56. The van der Waals surface area contributed by atoms with Crippen molar-refractivity contribution in [1.29, 1.82) is 0 Å². The van der Waals surface area contributed by atoms with Gasteiger partial charge in [-0.25, -0.2) is 0 Å². The van der Waals surface area contributed by atoms with Crippen molar-refractivity contribution in [3.8, 4) is 5.75 Å². The van der Waals surface area contributed by atoms with Gasteiger partial charge < -0.3 is 14.6 Å². The molecule has 2 aromatic rings. The molecule has 5 nitrogen and oxygen atoms in total. The number of benzene rings is 1. The number of fused-ring (bicyclic) bond motifs is 1. The molecule has 2 heterocycles. The molecule has 0 atom stereocenters. The van der Waals surface area contributed by atoms with Crippen LogP contribution in [-0.4, -0.2) is 33.1 Å². The Morgan fingerprint density at radius 2 is 1.79 bits per heavy atom. The molecule has 0 saturated heterocycles. The van der Waals surface area contributed by atoms with Crippen molar-refractivity contribution in [3.05, 3.63) is 63.3 Å². The van der Waals surface area contributed by atoms with E-state index in [0.29, 0.717) is 17.9 Å². The molecule has 1 N–H and O–H groups in total. The maximum atomic E-state index is 12.5. The number of likely N-dealkylation sites (N-methyl/N-ethyl adjacent to an activating group) is 1. The smallest absolute Gasteiger partial charge is 0.315 e. The molecular weight excluding hydrogens is 350 g/mol. The van der Waals surface area contributed by atoms with Crippen molar-refractivity contribution in [2.24, 2.45) is 0 Å². The maximum Gasteiger partial charge on any atom is 0.315 e. The Hall–Kier alpha value is -2.56. The summed E-state index contributed by atoms with van der Waals surface area (Å²) in [6.45, 7) is 9.86. The topological polar surface area (TPSA) is 58.4 Å². The molecule has 5 heteroatoms. The van der Waals surface area contributed by atoms with Crippen LogP contribution in [0, 0.1) is 13.8 Å². The van der Waals surface area contributed by atoms with E-state index in [9.17, 15) is 9.90 Å². The van der Waals surface area contributed by atoms with Gasteiger partial charge in [0.15, 0.2) is 0 Å². The van der Waals surface area contributed by atoms with Crippen molar-refractivity contribution in [2.45, 2.75) is 57.9 Å². The number of aromatic hydroxyl groups is 1. The van der Waals surface area contributed by atoms with Crippen LogP contribution < -0.4 is 5.56 Å². The van der Waals surface area contributed by atoms with E-state index < -0.39 is 5.56 Å². The molecule has 0 bridgehead atoms. The van der Waals surface area contributed by atoms with Crippen molar-refractivity contribution >= 4 is 5.70 Å². The van der Waals surface area contributed by atoms with Crippen molar-refractivity contribution in [2.75, 3.05) is 13.6 Å². The summed E-state index contributed by atoms with van der Waals surface area (Å²) in [6.07, 6.45) is 5.30. The minimum Gasteiger partial charge on any atom is -0.501 e. The molecule has 1 aromatic carbocycles. The van der Waals surface area contributed by atoms with E-state index in [1.165, 1.54) is 29.5 Å². The van der Waals surface area contributed by atoms with E-state index >= 15 is 0 Å². The second-order valence-corrected chi connectivity index (χ2v) is 8.59. The fourth-order valence-corrected chi connectivity index (χ4v) is 5.03. The lowest BCUT2D eigenvalue weighted by molar-refractivity contribution is 0.357. The molecule has 0 amide bonds. The van der Waals surface area contributed by atoms with Gasteiger partial charge in [-0.15, -0.1) is 0 Å². The van der Waals surface area contributed by atoms with Gasteiger partial charge in [-0.1, -0.05) is 48.7 Å². The van der Waals surface area contributed by atoms with Gasteiger partial charge in [0.2, 0.25) is 5.75 Å². The lowest BCUT2D eigenvalue weighted by Crippen LogP contribution is -2.36. The first kappa shape index (κ1) is 18.8. The predicted molar refractivity (Wildman–Crippen MR) is 112 cm³/mol. The zero-order valence-electron chi connectivity index (χ0n) is 17.1. The van der Waals surface area contributed by atoms with E-state index in [1.807, 2.05) is 16.5 Å². The first-order valence-electron chi connectivity index (χ1n) is 10.1. The quantitative estimate of drug-likeness (QED) is 0.886. The summed E-state index contributed by atoms with van der Waals surface area (Å²) in [7, 11) is 1.93. The molecule has 148 valence electrons. The Morgan fingerprint density at radius 3 is 2.43 bits per heavy atom. The Balaban J connectivity index is 1.84. The van der Waals surface area contributed by atoms with Gasteiger partial charge >= 0.3 is 5.56 Å². The number of nitrogens with zero attached hydrogens (tertiary/aromatic N) is 3. The van der Waals surface area contributed by atoms with E-state index in [2.05, 4.69) is 43.6 Å². The van der Waals surface area contributed by atoms with E-state index in [4.69, 9.17) is 0 Å². The van der Waals surface area contributed by atoms with Crippen LogP contribution in [0.1, 0.15) is 53.9 Å². The zero-order chi connectivity index (χ0) is 20.1. The summed E-state index contributed by atoms with van der Waals surface area (Å²) < 4.78 is 2.02. The second-order valence-electron chi connectivity index (χ2n) is 8.59. The molecule has 0 unspecified atom stereocenters. The number of aromatic nitrogens is 2. The van der Waals surface area contributed by atoms with E-state index in [0.717, 1.165) is 31.6 Å². The lowest BCUT2D eigenvalue weighted by atomic mass is 9.75. The van der Waals surface area contributed by atoms with Gasteiger partial charge in [0.1, 0.15) is 11.5 Å². The highest BCUT2D eigenvalue weighted by atomic mass is 16.3. The third kappa shape index (κ3) is 3.03. The Morgan fingerprint density at radius 1 is 1.14 bits per heavy atom. The first-order valence-corrected chi connectivity index (χ1v) is 10.1. The highest BCUT2D eigenvalue weighted by Gasteiger charge is 2.38. The maximum absolute atomic E-state index is 12.5. The largest absolute Gasteiger partial charge is 0.501 e. The fraction of sp³-hybridized carbons (Fsp3) is 0.478. The minimum absolute atomic E-state index is 0.00134. The van der Waals surface area contributed by atoms with Crippen molar-refractivity contribution in [3.63, 3.8) is 0 Å². The molecule has 2 aliphatic rings. The zero-order valence-corrected chi connectivity index (χ0v) is 17.1. The molecule has 4 rings (SSSR count). The lowest BCUT2D eigenvalue weighted by Gasteiger charge is -2.35. The molecule has 1 fully saturated rings. The highest BCUT2D eigenvalue weighted by molar-refractivity contribution is 5.64. The number of aryl methyl sites for hydroxylation is 2. The van der Waals surface area contributed by atoms with Gasteiger partial charge in [-0.2, -0.15) is 4.98 Å². The van der Waals surface area contributed by atoms with Crippen LogP contribution in [0.5, 0.6) is 5.75 Å². The summed E-state index contributed by atoms with van der Waals surface area (Å²) in [5, 5.41) is 10.4. The Bertz CT molecular complexity index is 979. The number of hydrogen-bond acceptors (Lipinski definition) is 4. The fourth-order valence-electron chi connectivity index (χ4n) is 5.03. The molecule has 1 aromatic heterocycles. The molecule has 1 saturated carbocycles. The van der Waals surface area contributed by atoms with Crippen LogP contribution in [-0.2, 0) is 18.4 Å². The monoisotopic (exact) mass is 379 g/mol. The van der Waals surface area contributed by atoms with Crippen LogP contribution in [0.15, 0.2) is 29.6 Å². The number of hydrogen-bond donors (Lipinski definition) is 1. The van der Waals surface area contributed by atoms with Gasteiger partial charge in [0, 0.05) is 32.0 Å². The van der Waals surface area contributed by atoms with Crippen LogP contribution >= 0.6 is 0 Å². The van der Waals surface area contributed by atoms with Gasteiger partial charge in [0.05, 0.1) is 5.70 Å². The van der Waals surface area contributed by atoms with E-state index in [-0.39, 0.29) is 11.2 Å². The molecule has 1 aliphatic heterocycles. The first-order chi connectivity index (χ1) is 13.3. The normalized spacial score (nSPS) is 18.4. The minimum atomic E-state index is -0.550. The summed E-state index contributed by atoms with van der Waals surface area (Å²) >= 11 is 0. The molecule has 0 spiro atoms. The third-order valence-electron chi connectivity index (χ3n) is 6.52. The average Bonchev–Trinajstić information content (AvgIpc) is 3.11. The third-order valence-corrected chi connectivity index (χ3v) is 6.52. The van der Waals surface area contributed by atoms with Crippen LogP contribution in [0.4, 0.5) is 0 Å². The van der Waals surface area contributed by atoms with Crippen LogP contribution in [0.25, 0.3) is 5.70 Å². The highest BCUT2D eigenvalue weighted by Crippen LogP contribution is 2.44. The second kappa shape index (κ2) is 6.80. The van der Waals surface area contributed by atoms with Gasteiger partial charge in [-0.3, -0.25) is 4.79 Å². The van der Waals surface area contributed by atoms with Gasteiger partial charge in [-0.05, 0) is 32.3 Å². The standard InChI is InChI=1S/C23H29N3O2/c1-15-11-16(2)13-18(12-15)23(7-5-6-8-23)14-19-24-22(28)21(27)20-17(3)25(4)9-10-26(19)20/h11-13,27H,3,5-10,14H2,1-2,4H3. The SMILES string of the molecule is C=C1c2c(O)c(=O)nc(CC3(c4cc(C)cc(C)c4)CCCC3)n2CCN1C. The summed E-state index contributed by atoms with van der Waals surface area (Å²) in [6, 6.07) is 6.79. The molecule has 28 heavy (non-hydrogen) atoms. The molecular formula is C23H29N3O2. The number of rotatable bonds is 3. The van der Waals surface area contributed by atoms with Crippen molar-refractivity contribution in [1.82, 2.24) is 14.5 Å². The summed E-state index contributed by atoms with van der Waals surface area (Å²) in [4.78, 5) is 18.8. The summed E-state index contributed by atoms with van der Waals surface area (Å²) in [5.74, 6) is 0.486. The van der Waals surface area contributed by atoms with Crippen LogP contribution in [0.3, 0.4) is 0 Å². The Labute approximate surface area is 166 Å². The van der Waals surface area contributed by atoms with E-state index in [1.54, 1.807) is 0 Å². The summed E-state index contributed by atoms with van der Waals surface area (Å²) in [5.41, 5.74) is 4.55.